The summed E-state index contributed by atoms with van der Waals surface area (Å²) in [6.07, 6.45) is 0.927. The molecule has 0 aromatic carbocycles. The van der Waals surface area contributed by atoms with Gasteiger partial charge in [-0.3, -0.25) is 14.0 Å². The molecular formula is C17H34N4O2S. The molecule has 2 N–H and O–H groups in total. The molecule has 1 aliphatic heterocycles. The fourth-order valence-electron chi connectivity index (χ4n) is 2.50. The van der Waals surface area contributed by atoms with Gasteiger partial charge in [0.05, 0.1) is 6.54 Å². The molecule has 0 bridgehead atoms. The molecule has 0 saturated carbocycles. The van der Waals surface area contributed by atoms with E-state index in [1.165, 1.54) is 0 Å². The van der Waals surface area contributed by atoms with Crippen molar-refractivity contribution in [3.63, 3.8) is 0 Å². The van der Waals surface area contributed by atoms with Crippen LogP contribution in [0.25, 0.3) is 0 Å². The van der Waals surface area contributed by atoms with Crippen molar-refractivity contribution in [1.29, 1.82) is 0 Å². The number of nitrogens with one attached hydrogen (secondary N) is 2. The molecule has 24 heavy (non-hydrogen) atoms. The van der Waals surface area contributed by atoms with Gasteiger partial charge in [0.1, 0.15) is 0 Å². The summed E-state index contributed by atoms with van der Waals surface area (Å²) in [5.74, 6) is 1.55. The third-order valence-electron chi connectivity index (χ3n) is 3.91. The fraction of sp³-hybridized carbons (Fsp3) is 0.882. The Hall–Kier alpha value is -1.11. The van der Waals surface area contributed by atoms with Crippen LogP contribution in [0.2, 0.25) is 0 Å². The average Bonchev–Trinajstić information content (AvgIpc) is 2.93. The number of carbonyl (C=O) groups is 1. The zero-order valence-corrected chi connectivity index (χ0v) is 16.8. The lowest BCUT2D eigenvalue weighted by molar-refractivity contribution is -0.133. The Kier molecular flexibility index (Phi) is 8.19. The van der Waals surface area contributed by atoms with Gasteiger partial charge in [-0.1, -0.05) is 13.8 Å². The van der Waals surface area contributed by atoms with E-state index in [1.54, 1.807) is 0 Å². The van der Waals surface area contributed by atoms with Gasteiger partial charge in [0, 0.05) is 52.9 Å². The van der Waals surface area contributed by atoms with Crippen LogP contribution in [0.4, 0.5) is 0 Å². The molecule has 1 rings (SSSR count). The molecule has 2 atom stereocenters. The van der Waals surface area contributed by atoms with E-state index in [-0.39, 0.29) is 22.6 Å². The van der Waals surface area contributed by atoms with Gasteiger partial charge in [-0.25, -0.2) is 0 Å². The number of aliphatic imine (C=N–C) groups is 1. The number of carbonyl (C=O) groups excluding carboxylic acids is 1. The van der Waals surface area contributed by atoms with Crippen molar-refractivity contribution >= 4 is 22.7 Å². The van der Waals surface area contributed by atoms with Gasteiger partial charge in [0.2, 0.25) is 5.91 Å². The van der Waals surface area contributed by atoms with Gasteiger partial charge in [0.15, 0.2) is 5.96 Å². The Balaban J connectivity index is 2.53. The van der Waals surface area contributed by atoms with Crippen molar-refractivity contribution in [3.8, 4) is 0 Å². The molecule has 1 saturated heterocycles. The summed E-state index contributed by atoms with van der Waals surface area (Å²) in [6.45, 7) is 14.6. The molecule has 1 amide bonds. The van der Waals surface area contributed by atoms with Crippen molar-refractivity contribution in [2.75, 3.05) is 31.9 Å². The lowest BCUT2D eigenvalue weighted by Crippen LogP contribution is -2.45. The maximum absolute atomic E-state index is 12.1. The topological polar surface area (TPSA) is 73.8 Å². The van der Waals surface area contributed by atoms with E-state index < -0.39 is 10.8 Å². The molecule has 0 aromatic rings. The highest BCUT2D eigenvalue weighted by molar-refractivity contribution is 7.86. The Labute approximate surface area is 149 Å². The van der Waals surface area contributed by atoms with Crippen molar-refractivity contribution in [3.05, 3.63) is 0 Å². The van der Waals surface area contributed by atoms with Crippen molar-refractivity contribution in [1.82, 2.24) is 15.5 Å². The molecule has 6 nitrogen and oxygen atoms in total. The molecule has 1 fully saturated rings. The first kappa shape index (κ1) is 20.9. The van der Waals surface area contributed by atoms with Crippen LogP contribution in [0.3, 0.4) is 0 Å². The molecule has 0 aromatic heterocycles. The van der Waals surface area contributed by atoms with E-state index in [0.29, 0.717) is 12.3 Å². The number of likely N-dealkylation sites (tertiary alicyclic amines) is 1. The second-order valence-electron chi connectivity index (χ2n) is 7.49. The number of nitrogens with zero attached hydrogens (tertiary/aromatic N) is 2. The minimum atomic E-state index is -0.894. The quantitative estimate of drug-likeness (QED) is 0.555. The van der Waals surface area contributed by atoms with E-state index >= 15 is 0 Å². The Morgan fingerprint density at radius 2 is 2.04 bits per heavy atom. The van der Waals surface area contributed by atoms with Crippen LogP contribution in [0.5, 0.6) is 0 Å². The predicted molar refractivity (Wildman–Crippen MR) is 102 cm³/mol. The number of hydrogen-bond acceptors (Lipinski definition) is 3. The van der Waals surface area contributed by atoms with E-state index in [1.807, 2.05) is 46.4 Å². The van der Waals surface area contributed by atoms with Crippen LogP contribution < -0.4 is 10.6 Å². The second-order valence-corrected chi connectivity index (χ2v) is 9.82. The number of hydrogen-bond donors (Lipinski definition) is 2. The van der Waals surface area contributed by atoms with E-state index in [2.05, 4.69) is 15.6 Å². The zero-order chi connectivity index (χ0) is 18.3. The van der Waals surface area contributed by atoms with Crippen molar-refractivity contribution < 1.29 is 9.00 Å². The van der Waals surface area contributed by atoms with Gasteiger partial charge in [-0.15, -0.1) is 0 Å². The van der Waals surface area contributed by atoms with Gasteiger partial charge < -0.3 is 15.5 Å². The third-order valence-corrected chi connectivity index (χ3v) is 5.83. The Morgan fingerprint density at radius 3 is 2.58 bits per heavy atom. The van der Waals surface area contributed by atoms with Crippen LogP contribution in [-0.4, -0.2) is 63.7 Å². The highest BCUT2D eigenvalue weighted by atomic mass is 32.2. The molecule has 2 unspecified atom stereocenters. The van der Waals surface area contributed by atoms with E-state index in [0.717, 1.165) is 32.0 Å². The molecular weight excluding hydrogens is 324 g/mol. The number of rotatable bonds is 6. The van der Waals surface area contributed by atoms with Crippen LogP contribution in [-0.2, 0) is 15.6 Å². The fourth-order valence-corrected chi connectivity index (χ4v) is 3.37. The highest BCUT2D eigenvalue weighted by Crippen LogP contribution is 2.13. The SMILES string of the molecule is CCNC(=NCCS(=O)C(C)(C)C)NC1CCN(C(=O)C(C)C)C1. The van der Waals surface area contributed by atoms with Gasteiger partial charge in [0.25, 0.3) is 0 Å². The van der Waals surface area contributed by atoms with Crippen LogP contribution >= 0.6 is 0 Å². The van der Waals surface area contributed by atoms with Crippen LogP contribution in [0.1, 0.15) is 48.0 Å². The molecule has 1 heterocycles. The molecule has 0 spiro atoms. The normalized spacial score (nSPS) is 20.4. The van der Waals surface area contributed by atoms with Gasteiger partial charge >= 0.3 is 0 Å². The minimum absolute atomic E-state index is 0.0398. The van der Waals surface area contributed by atoms with E-state index in [4.69, 9.17) is 0 Å². The third kappa shape index (κ3) is 6.79. The van der Waals surface area contributed by atoms with Crippen molar-refractivity contribution in [2.24, 2.45) is 10.9 Å². The number of guanidine groups is 1. The monoisotopic (exact) mass is 358 g/mol. The summed E-state index contributed by atoms with van der Waals surface area (Å²) in [5, 5.41) is 6.62. The second kappa shape index (κ2) is 9.39. The smallest absolute Gasteiger partial charge is 0.225 e. The zero-order valence-electron chi connectivity index (χ0n) is 16.0. The van der Waals surface area contributed by atoms with Gasteiger partial charge in [-0.2, -0.15) is 0 Å². The summed E-state index contributed by atoms with van der Waals surface area (Å²) in [5.41, 5.74) is 0. The lowest BCUT2D eigenvalue weighted by atomic mass is 10.2. The summed E-state index contributed by atoms with van der Waals surface area (Å²) < 4.78 is 11.9. The molecule has 1 aliphatic rings. The molecule has 0 aliphatic carbocycles. The summed E-state index contributed by atoms with van der Waals surface area (Å²) >= 11 is 0. The molecule has 140 valence electrons. The Morgan fingerprint density at radius 1 is 1.38 bits per heavy atom. The predicted octanol–water partition coefficient (Wildman–Crippen LogP) is 1.35. The molecule has 0 radical (unpaired) electrons. The maximum atomic E-state index is 12.1. The van der Waals surface area contributed by atoms with Gasteiger partial charge in [-0.05, 0) is 34.1 Å². The van der Waals surface area contributed by atoms with Crippen molar-refractivity contribution in [2.45, 2.75) is 58.8 Å². The largest absolute Gasteiger partial charge is 0.357 e. The maximum Gasteiger partial charge on any atom is 0.225 e. The van der Waals surface area contributed by atoms with Crippen LogP contribution in [0, 0.1) is 5.92 Å². The number of amides is 1. The first-order valence-electron chi connectivity index (χ1n) is 8.87. The summed E-state index contributed by atoms with van der Waals surface area (Å²) in [7, 11) is -0.894. The summed E-state index contributed by atoms with van der Waals surface area (Å²) in [6, 6.07) is 0.221. The first-order chi connectivity index (χ1) is 11.1. The van der Waals surface area contributed by atoms with E-state index in [9.17, 15) is 9.00 Å². The first-order valence-corrected chi connectivity index (χ1v) is 10.2. The molecule has 7 heteroatoms. The average molecular weight is 359 g/mol. The minimum Gasteiger partial charge on any atom is -0.357 e. The highest BCUT2D eigenvalue weighted by Gasteiger charge is 2.28. The summed E-state index contributed by atoms with van der Waals surface area (Å²) in [4.78, 5) is 18.5. The van der Waals surface area contributed by atoms with Crippen LogP contribution in [0.15, 0.2) is 4.99 Å². The standard InChI is InChI=1S/C17H34N4O2S/c1-7-18-16(19-9-11-24(23)17(4,5)6)20-14-8-10-21(12-14)15(22)13(2)3/h13-14H,7-12H2,1-6H3,(H2,18,19,20). The lowest BCUT2D eigenvalue weighted by Gasteiger charge is -2.20. The Bertz CT molecular complexity index is 472.